The highest BCUT2D eigenvalue weighted by molar-refractivity contribution is 5.85. The van der Waals surface area contributed by atoms with Crippen molar-refractivity contribution in [3.05, 3.63) is 47.0 Å². The van der Waals surface area contributed by atoms with E-state index in [1.165, 1.54) is 21.9 Å². The van der Waals surface area contributed by atoms with Crippen LogP contribution in [-0.4, -0.2) is 0 Å². The smallest absolute Gasteiger partial charge is 0.0251 e. The predicted molar refractivity (Wildman–Crippen MR) is 75.1 cm³/mol. The van der Waals surface area contributed by atoms with E-state index in [1.54, 1.807) is 0 Å². The summed E-state index contributed by atoms with van der Waals surface area (Å²) in [6.45, 7) is 8.53. The molecular formula is C17H18. The maximum absolute atomic E-state index is 3.22. The fourth-order valence-corrected chi connectivity index (χ4v) is 1.83. The normalized spacial score (nSPS) is 10.4. The lowest BCUT2D eigenvalue weighted by molar-refractivity contribution is 0.866. The van der Waals surface area contributed by atoms with Gasteiger partial charge in [-0.15, -0.1) is 0 Å². The van der Waals surface area contributed by atoms with Crippen molar-refractivity contribution < 1.29 is 0 Å². The molecule has 0 fully saturated rings. The maximum Gasteiger partial charge on any atom is 0.0251 e. The minimum Gasteiger partial charge on any atom is -0.0951 e. The van der Waals surface area contributed by atoms with E-state index in [4.69, 9.17) is 0 Å². The molecule has 0 N–H and O–H groups in total. The quantitative estimate of drug-likeness (QED) is 0.577. The first-order chi connectivity index (χ1) is 8.06. The second-order valence-corrected chi connectivity index (χ2v) is 4.92. The summed E-state index contributed by atoms with van der Waals surface area (Å²) in [5, 5.41) is 2.58. The van der Waals surface area contributed by atoms with Crippen molar-refractivity contribution in [2.45, 2.75) is 27.7 Å². The van der Waals surface area contributed by atoms with Crippen LogP contribution in [0.1, 0.15) is 30.5 Å². The number of aryl methyl sites for hydroxylation is 2. The third kappa shape index (κ3) is 2.68. The molecule has 0 saturated heterocycles. The Morgan fingerprint density at radius 2 is 1.53 bits per heavy atom. The average Bonchev–Trinajstić information content (AvgIpc) is 2.28. The molecule has 2 aromatic rings. The second-order valence-electron chi connectivity index (χ2n) is 4.92. The third-order valence-electron chi connectivity index (χ3n) is 2.96. The lowest BCUT2D eigenvalue weighted by atomic mass is 10.0. The Morgan fingerprint density at radius 3 is 2.18 bits per heavy atom. The van der Waals surface area contributed by atoms with Crippen LogP contribution in [0.4, 0.5) is 0 Å². The predicted octanol–water partition coefficient (Wildman–Crippen LogP) is 4.46. The van der Waals surface area contributed by atoms with E-state index in [9.17, 15) is 0 Å². The number of hydrogen-bond acceptors (Lipinski definition) is 0. The molecule has 86 valence electrons. The standard InChI is InChI=1S/C17H18/c1-12(2)5-6-15-7-8-16-9-13(3)14(4)10-17(16)11-15/h7-12H,1-4H3. The van der Waals surface area contributed by atoms with Gasteiger partial charge in [0.25, 0.3) is 0 Å². The van der Waals surface area contributed by atoms with Gasteiger partial charge in [0, 0.05) is 11.5 Å². The van der Waals surface area contributed by atoms with Gasteiger partial charge in [-0.25, -0.2) is 0 Å². The lowest BCUT2D eigenvalue weighted by Crippen LogP contribution is -1.84. The fourth-order valence-electron chi connectivity index (χ4n) is 1.83. The average molecular weight is 222 g/mol. The SMILES string of the molecule is Cc1cc2ccc(C#CC(C)C)cc2cc1C. The van der Waals surface area contributed by atoms with Crippen LogP contribution in [0.15, 0.2) is 30.3 Å². The highest BCUT2D eigenvalue weighted by Crippen LogP contribution is 2.20. The first-order valence-electron chi connectivity index (χ1n) is 6.09. The zero-order valence-electron chi connectivity index (χ0n) is 11.0. The summed E-state index contributed by atoms with van der Waals surface area (Å²) in [7, 11) is 0. The van der Waals surface area contributed by atoms with E-state index in [1.807, 2.05) is 0 Å². The molecule has 0 heteroatoms. The number of hydrogen-bond donors (Lipinski definition) is 0. The molecule has 0 spiro atoms. The van der Waals surface area contributed by atoms with Gasteiger partial charge < -0.3 is 0 Å². The van der Waals surface area contributed by atoms with Crippen molar-refractivity contribution in [1.82, 2.24) is 0 Å². The molecule has 2 rings (SSSR count). The Morgan fingerprint density at radius 1 is 0.882 bits per heavy atom. The van der Waals surface area contributed by atoms with Gasteiger partial charge in [-0.3, -0.25) is 0 Å². The van der Waals surface area contributed by atoms with Crippen molar-refractivity contribution in [3.63, 3.8) is 0 Å². The third-order valence-corrected chi connectivity index (χ3v) is 2.96. The van der Waals surface area contributed by atoms with Gasteiger partial charge in [-0.05, 0) is 47.9 Å². The summed E-state index contributed by atoms with van der Waals surface area (Å²) in [5.74, 6) is 6.84. The summed E-state index contributed by atoms with van der Waals surface area (Å²) < 4.78 is 0. The van der Waals surface area contributed by atoms with Gasteiger partial charge in [-0.1, -0.05) is 43.9 Å². The first kappa shape index (κ1) is 11.7. The highest BCUT2D eigenvalue weighted by atomic mass is 14.0. The topological polar surface area (TPSA) is 0 Å². The van der Waals surface area contributed by atoms with E-state index in [0.717, 1.165) is 5.56 Å². The molecule has 17 heavy (non-hydrogen) atoms. The first-order valence-corrected chi connectivity index (χ1v) is 6.09. The molecule has 0 bridgehead atoms. The molecule has 0 atom stereocenters. The van der Waals surface area contributed by atoms with Gasteiger partial charge in [-0.2, -0.15) is 0 Å². The number of rotatable bonds is 0. The fraction of sp³-hybridized carbons (Fsp3) is 0.294. The molecule has 0 nitrogen and oxygen atoms in total. The van der Waals surface area contributed by atoms with Crippen LogP contribution in [0.25, 0.3) is 10.8 Å². The number of benzene rings is 2. The van der Waals surface area contributed by atoms with Crippen LogP contribution in [0.5, 0.6) is 0 Å². The van der Waals surface area contributed by atoms with Crippen LogP contribution < -0.4 is 0 Å². The zero-order chi connectivity index (χ0) is 12.4. The summed E-state index contributed by atoms with van der Waals surface area (Å²) in [5.41, 5.74) is 3.79. The minimum absolute atomic E-state index is 0.422. The summed E-state index contributed by atoms with van der Waals surface area (Å²) in [6.07, 6.45) is 0. The van der Waals surface area contributed by atoms with E-state index in [-0.39, 0.29) is 0 Å². The van der Waals surface area contributed by atoms with Gasteiger partial charge in [0.05, 0.1) is 0 Å². The van der Waals surface area contributed by atoms with E-state index >= 15 is 0 Å². The molecule has 0 unspecified atom stereocenters. The lowest BCUT2D eigenvalue weighted by Gasteiger charge is -2.04. The summed E-state index contributed by atoms with van der Waals surface area (Å²) in [6, 6.07) is 10.9. The van der Waals surface area contributed by atoms with Crippen molar-refractivity contribution >= 4 is 10.8 Å². The molecule has 0 aromatic heterocycles. The maximum atomic E-state index is 3.22. The van der Waals surface area contributed by atoms with Crippen molar-refractivity contribution in [2.75, 3.05) is 0 Å². The highest BCUT2D eigenvalue weighted by Gasteiger charge is 1.98. The van der Waals surface area contributed by atoms with E-state index in [2.05, 4.69) is 69.9 Å². The zero-order valence-corrected chi connectivity index (χ0v) is 11.0. The molecular weight excluding hydrogens is 204 g/mol. The summed E-state index contributed by atoms with van der Waals surface area (Å²) >= 11 is 0. The van der Waals surface area contributed by atoms with Crippen LogP contribution >= 0.6 is 0 Å². The molecule has 0 saturated carbocycles. The molecule has 0 amide bonds. The second kappa shape index (κ2) is 4.63. The molecule has 0 aliphatic carbocycles. The number of fused-ring (bicyclic) bond motifs is 1. The van der Waals surface area contributed by atoms with Gasteiger partial charge in [0.2, 0.25) is 0 Å². The monoisotopic (exact) mass is 222 g/mol. The Labute approximate surface area is 104 Å². The van der Waals surface area contributed by atoms with Crippen LogP contribution in [0.2, 0.25) is 0 Å². The van der Waals surface area contributed by atoms with Crippen LogP contribution in [0, 0.1) is 31.6 Å². The van der Waals surface area contributed by atoms with Crippen molar-refractivity contribution in [3.8, 4) is 11.8 Å². The van der Waals surface area contributed by atoms with Gasteiger partial charge >= 0.3 is 0 Å². The van der Waals surface area contributed by atoms with Crippen LogP contribution in [-0.2, 0) is 0 Å². The van der Waals surface area contributed by atoms with Crippen molar-refractivity contribution in [2.24, 2.45) is 5.92 Å². The largest absolute Gasteiger partial charge is 0.0951 e. The Balaban J connectivity index is 2.52. The molecule has 2 aromatic carbocycles. The Kier molecular flexibility index (Phi) is 3.20. The molecule has 0 aliphatic rings. The Hall–Kier alpha value is -1.74. The van der Waals surface area contributed by atoms with Crippen molar-refractivity contribution in [1.29, 1.82) is 0 Å². The molecule has 0 aliphatic heterocycles. The van der Waals surface area contributed by atoms with E-state index in [0.29, 0.717) is 5.92 Å². The van der Waals surface area contributed by atoms with Gasteiger partial charge in [0.15, 0.2) is 0 Å². The minimum atomic E-state index is 0.422. The van der Waals surface area contributed by atoms with Crippen LogP contribution in [0.3, 0.4) is 0 Å². The molecule has 0 radical (unpaired) electrons. The van der Waals surface area contributed by atoms with Gasteiger partial charge in [0.1, 0.15) is 0 Å². The van der Waals surface area contributed by atoms with E-state index < -0.39 is 0 Å². The summed E-state index contributed by atoms with van der Waals surface area (Å²) in [4.78, 5) is 0. The Bertz CT molecular complexity index is 607. The molecule has 0 heterocycles.